The number of amides is 1. The number of rotatable bonds is 5. The number of hydrogen-bond acceptors (Lipinski definition) is 4. The molecule has 0 radical (unpaired) electrons. The lowest BCUT2D eigenvalue weighted by molar-refractivity contribution is -0.117. The minimum Gasteiger partial charge on any atom is -0.511 e. The van der Waals surface area contributed by atoms with Gasteiger partial charge in [-0.3, -0.25) is 4.79 Å². The van der Waals surface area contributed by atoms with Crippen LogP contribution in [0.1, 0.15) is 19.8 Å². The monoisotopic (exact) mass is 198 g/mol. The summed E-state index contributed by atoms with van der Waals surface area (Å²) in [6, 6.07) is 1.61. The summed E-state index contributed by atoms with van der Waals surface area (Å²) >= 11 is 0. The second-order valence-corrected chi connectivity index (χ2v) is 2.76. The molecule has 0 saturated heterocycles. The molecule has 5 nitrogen and oxygen atoms in total. The van der Waals surface area contributed by atoms with Gasteiger partial charge in [-0.15, -0.1) is 0 Å². The van der Waals surface area contributed by atoms with E-state index in [2.05, 4.69) is 5.32 Å². The number of nitrogens with zero attached hydrogens (tertiary/aromatic N) is 1. The van der Waals surface area contributed by atoms with Crippen LogP contribution in [0.15, 0.2) is 11.3 Å². The SMILES string of the molecule is CC(O)=C(C#N)C(=O)NCCCCO. The summed E-state index contributed by atoms with van der Waals surface area (Å²) in [6.07, 6.45) is 1.25. The summed E-state index contributed by atoms with van der Waals surface area (Å²) in [4.78, 5) is 11.2. The highest BCUT2D eigenvalue weighted by Gasteiger charge is 2.10. The molecule has 0 aliphatic carbocycles. The van der Waals surface area contributed by atoms with Gasteiger partial charge in [0.2, 0.25) is 0 Å². The van der Waals surface area contributed by atoms with Gasteiger partial charge in [-0.1, -0.05) is 0 Å². The van der Waals surface area contributed by atoms with E-state index in [1.807, 2.05) is 0 Å². The van der Waals surface area contributed by atoms with Gasteiger partial charge in [-0.2, -0.15) is 5.26 Å². The van der Waals surface area contributed by atoms with Crippen molar-refractivity contribution in [3.05, 3.63) is 11.3 Å². The largest absolute Gasteiger partial charge is 0.511 e. The van der Waals surface area contributed by atoms with Crippen LogP contribution in [0.3, 0.4) is 0 Å². The smallest absolute Gasteiger partial charge is 0.265 e. The van der Waals surface area contributed by atoms with Gasteiger partial charge in [0.25, 0.3) is 5.91 Å². The Morgan fingerprint density at radius 2 is 2.14 bits per heavy atom. The van der Waals surface area contributed by atoms with E-state index in [1.54, 1.807) is 6.07 Å². The number of aliphatic hydroxyl groups is 2. The fourth-order valence-electron chi connectivity index (χ4n) is 0.823. The van der Waals surface area contributed by atoms with Crippen molar-refractivity contribution in [2.75, 3.05) is 13.2 Å². The summed E-state index contributed by atoms with van der Waals surface area (Å²) in [5, 5.41) is 28.4. The first kappa shape index (κ1) is 12.5. The maximum Gasteiger partial charge on any atom is 0.265 e. The standard InChI is InChI=1S/C9H14N2O3/c1-7(13)8(6-10)9(14)11-4-2-3-5-12/h12-13H,2-5H2,1H3,(H,11,14). The molecule has 3 N–H and O–H groups in total. The molecule has 0 heterocycles. The molecule has 0 aromatic heterocycles. The number of carbonyl (C=O) groups excluding carboxylic acids is 1. The minimum absolute atomic E-state index is 0.0792. The van der Waals surface area contributed by atoms with Crippen LogP contribution in [0.5, 0.6) is 0 Å². The van der Waals surface area contributed by atoms with E-state index in [1.165, 1.54) is 6.92 Å². The van der Waals surface area contributed by atoms with Crippen molar-refractivity contribution >= 4 is 5.91 Å². The van der Waals surface area contributed by atoms with Crippen molar-refractivity contribution < 1.29 is 15.0 Å². The topological polar surface area (TPSA) is 93.3 Å². The van der Waals surface area contributed by atoms with Crippen LogP contribution in [0.4, 0.5) is 0 Å². The molecule has 0 saturated carbocycles. The fourth-order valence-corrected chi connectivity index (χ4v) is 0.823. The summed E-state index contributed by atoms with van der Waals surface area (Å²) in [5.41, 5.74) is -0.269. The minimum atomic E-state index is -0.578. The summed E-state index contributed by atoms with van der Waals surface area (Å²) in [7, 11) is 0. The lowest BCUT2D eigenvalue weighted by Crippen LogP contribution is -2.26. The van der Waals surface area contributed by atoms with Gasteiger partial charge in [0.1, 0.15) is 11.8 Å². The first-order valence-corrected chi connectivity index (χ1v) is 4.32. The maximum absolute atomic E-state index is 11.2. The average molecular weight is 198 g/mol. The molecular weight excluding hydrogens is 184 g/mol. The van der Waals surface area contributed by atoms with Crippen molar-refractivity contribution in [3.8, 4) is 6.07 Å². The third-order valence-corrected chi connectivity index (χ3v) is 1.57. The molecule has 0 fully saturated rings. The Bertz CT molecular complexity index is 262. The van der Waals surface area contributed by atoms with E-state index in [0.717, 1.165) is 0 Å². The Labute approximate surface area is 82.7 Å². The van der Waals surface area contributed by atoms with E-state index in [-0.39, 0.29) is 17.9 Å². The molecule has 0 atom stereocenters. The highest BCUT2D eigenvalue weighted by molar-refractivity contribution is 5.97. The van der Waals surface area contributed by atoms with Crippen LogP contribution in [0.2, 0.25) is 0 Å². The maximum atomic E-state index is 11.2. The average Bonchev–Trinajstić information content (AvgIpc) is 2.13. The van der Waals surface area contributed by atoms with Gasteiger partial charge in [-0.25, -0.2) is 0 Å². The molecule has 0 aliphatic rings. The zero-order chi connectivity index (χ0) is 11.0. The number of hydrogen-bond donors (Lipinski definition) is 3. The number of aliphatic hydroxyl groups excluding tert-OH is 2. The third-order valence-electron chi connectivity index (χ3n) is 1.57. The molecule has 0 aromatic rings. The Kier molecular flexibility index (Phi) is 6.16. The van der Waals surface area contributed by atoms with Crippen LogP contribution in [-0.2, 0) is 4.79 Å². The highest BCUT2D eigenvalue weighted by atomic mass is 16.3. The van der Waals surface area contributed by atoms with Gasteiger partial charge in [0, 0.05) is 13.2 Å². The van der Waals surface area contributed by atoms with Crippen LogP contribution in [-0.4, -0.2) is 29.3 Å². The number of unbranched alkanes of at least 4 members (excludes halogenated alkanes) is 1. The Morgan fingerprint density at radius 1 is 1.50 bits per heavy atom. The van der Waals surface area contributed by atoms with E-state index in [4.69, 9.17) is 15.5 Å². The van der Waals surface area contributed by atoms with Gasteiger partial charge < -0.3 is 15.5 Å². The second kappa shape index (κ2) is 6.92. The Hall–Kier alpha value is -1.54. The van der Waals surface area contributed by atoms with Crippen molar-refractivity contribution in [2.24, 2.45) is 0 Å². The molecule has 0 aromatic carbocycles. The number of allylic oxidation sites excluding steroid dienone is 1. The molecule has 0 bridgehead atoms. The second-order valence-electron chi connectivity index (χ2n) is 2.76. The highest BCUT2D eigenvalue weighted by Crippen LogP contribution is 1.99. The lowest BCUT2D eigenvalue weighted by atomic mass is 10.2. The third kappa shape index (κ3) is 4.48. The summed E-state index contributed by atoms with van der Waals surface area (Å²) in [6.45, 7) is 1.75. The van der Waals surface area contributed by atoms with Crippen molar-refractivity contribution in [3.63, 3.8) is 0 Å². The predicted octanol–water partition coefficient (Wildman–Crippen LogP) is 0.231. The fraction of sp³-hybridized carbons (Fsp3) is 0.556. The molecule has 0 rings (SSSR count). The van der Waals surface area contributed by atoms with E-state index in [0.29, 0.717) is 19.4 Å². The Balaban J connectivity index is 3.98. The van der Waals surface area contributed by atoms with Crippen LogP contribution in [0.25, 0.3) is 0 Å². The van der Waals surface area contributed by atoms with Gasteiger partial charge >= 0.3 is 0 Å². The zero-order valence-electron chi connectivity index (χ0n) is 8.08. The molecule has 5 heteroatoms. The summed E-state index contributed by atoms with van der Waals surface area (Å²) < 4.78 is 0. The normalized spacial score (nSPS) is 11.5. The van der Waals surface area contributed by atoms with Crippen molar-refractivity contribution in [1.82, 2.24) is 5.32 Å². The lowest BCUT2D eigenvalue weighted by Gasteiger charge is -2.03. The zero-order valence-corrected chi connectivity index (χ0v) is 8.08. The van der Waals surface area contributed by atoms with E-state index >= 15 is 0 Å². The molecule has 14 heavy (non-hydrogen) atoms. The van der Waals surface area contributed by atoms with Crippen LogP contribution >= 0.6 is 0 Å². The Morgan fingerprint density at radius 3 is 2.57 bits per heavy atom. The molecule has 1 amide bonds. The molecule has 0 spiro atoms. The predicted molar refractivity (Wildman–Crippen MR) is 50.3 cm³/mol. The van der Waals surface area contributed by atoms with Crippen LogP contribution < -0.4 is 5.32 Å². The molecule has 0 unspecified atom stereocenters. The van der Waals surface area contributed by atoms with Gasteiger partial charge in [0.15, 0.2) is 5.57 Å². The first-order chi connectivity index (χ1) is 6.63. The van der Waals surface area contributed by atoms with Crippen LogP contribution in [0, 0.1) is 11.3 Å². The quantitative estimate of drug-likeness (QED) is 0.255. The van der Waals surface area contributed by atoms with Gasteiger partial charge in [-0.05, 0) is 19.8 Å². The first-order valence-electron chi connectivity index (χ1n) is 4.32. The summed E-state index contributed by atoms with van der Waals surface area (Å²) in [5.74, 6) is -0.863. The van der Waals surface area contributed by atoms with E-state index in [9.17, 15) is 4.79 Å². The van der Waals surface area contributed by atoms with Crippen molar-refractivity contribution in [1.29, 1.82) is 5.26 Å². The number of carbonyl (C=O) groups is 1. The van der Waals surface area contributed by atoms with Crippen molar-refractivity contribution in [2.45, 2.75) is 19.8 Å². The molecular formula is C9H14N2O3. The molecule has 0 aliphatic heterocycles. The molecule has 78 valence electrons. The number of nitriles is 1. The van der Waals surface area contributed by atoms with E-state index < -0.39 is 5.91 Å². The van der Waals surface area contributed by atoms with Gasteiger partial charge in [0.05, 0.1) is 0 Å². The number of nitrogens with one attached hydrogen (secondary N) is 1.